The molecule has 0 aliphatic carbocycles. The van der Waals surface area contributed by atoms with Crippen LogP contribution in [0.3, 0.4) is 0 Å². The fourth-order valence-corrected chi connectivity index (χ4v) is 4.39. The minimum absolute atomic E-state index is 0.0679. The van der Waals surface area contributed by atoms with Crippen molar-refractivity contribution in [3.63, 3.8) is 0 Å². The van der Waals surface area contributed by atoms with E-state index in [4.69, 9.17) is 0 Å². The Labute approximate surface area is 132 Å². The molecule has 3 rings (SSSR count). The molecule has 0 saturated carbocycles. The molecule has 0 spiro atoms. The number of rotatable bonds is 5. The van der Waals surface area contributed by atoms with Crippen molar-refractivity contribution < 1.29 is 13.2 Å². The molecule has 0 atom stereocenters. The highest BCUT2D eigenvalue weighted by Crippen LogP contribution is 2.25. The highest BCUT2D eigenvalue weighted by molar-refractivity contribution is 7.87. The van der Waals surface area contributed by atoms with E-state index in [1.54, 1.807) is 34.5 Å². The lowest BCUT2D eigenvalue weighted by Gasteiger charge is -2.26. The van der Waals surface area contributed by atoms with Gasteiger partial charge in [0.1, 0.15) is 0 Å². The highest BCUT2D eigenvalue weighted by Gasteiger charge is 2.28. The molecule has 1 amide bonds. The second kappa shape index (κ2) is 6.19. The predicted molar refractivity (Wildman–Crippen MR) is 82.3 cm³/mol. The summed E-state index contributed by atoms with van der Waals surface area (Å²) in [4.78, 5) is 13.1. The minimum Gasteiger partial charge on any atom is -0.274 e. The molecule has 2 aromatic rings. The Morgan fingerprint density at radius 3 is 3.09 bits per heavy atom. The van der Waals surface area contributed by atoms with Crippen molar-refractivity contribution in [2.45, 2.75) is 25.9 Å². The maximum atomic E-state index is 12.3. The monoisotopic (exact) mass is 340 g/mol. The highest BCUT2D eigenvalue weighted by atomic mass is 32.2. The lowest BCUT2D eigenvalue weighted by atomic mass is 10.1. The Morgan fingerprint density at radius 2 is 2.32 bits per heavy atom. The van der Waals surface area contributed by atoms with Crippen LogP contribution in [-0.4, -0.2) is 35.0 Å². The standard InChI is InChI=1S/C13H16N4O3S2/c18-13(3-7-16-6-1-5-14-16)15-22(19,20)17-8-2-12-11(10-17)4-9-21-12/h1,4-6,9H,2-3,7-8,10H2,(H,15,18). The van der Waals surface area contributed by atoms with Gasteiger partial charge in [0, 0.05) is 43.3 Å². The summed E-state index contributed by atoms with van der Waals surface area (Å²) < 4.78 is 29.6. The molecule has 7 nitrogen and oxygen atoms in total. The largest absolute Gasteiger partial charge is 0.304 e. The van der Waals surface area contributed by atoms with E-state index in [0.717, 1.165) is 5.56 Å². The van der Waals surface area contributed by atoms with Gasteiger partial charge in [-0.1, -0.05) is 0 Å². The van der Waals surface area contributed by atoms with Gasteiger partial charge in [0.2, 0.25) is 5.91 Å². The van der Waals surface area contributed by atoms with Gasteiger partial charge in [-0.2, -0.15) is 17.8 Å². The molecular weight excluding hydrogens is 324 g/mol. The second-order valence-electron chi connectivity index (χ2n) is 5.00. The molecule has 0 radical (unpaired) electrons. The third kappa shape index (κ3) is 3.37. The number of aryl methyl sites for hydroxylation is 1. The molecule has 1 aliphatic heterocycles. The van der Waals surface area contributed by atoms with Gasteiger partial charge in [0.25, 0.3) is 0 Å². The molecule has 9 heteroatoms. The van der Waals surface area contributed by atoms with E-state index in [1.165, 1.54) is 9.18 Å². The van der Waals surface area contributed by atoms with Gasteiger partial charge in [-0.3, -0.25) is 9.48 Å². The zero-order valence-corrected chi connectivity index (χ0v) is 13.4. The molecule has 22 heavy (non-hydrogen) atoms. The molecule has 3 heterocycles. The van der Waals surface area contributed by atoms with Gasteiger partial charge in [0.05, 0.1) is 0 Å². The molecule has 1 N–H and O–H groups in total. The Balaban J connectivity index is 1.58. The maximum Gasteiger partial charge on any atom is 0.304 e. The number of nitrogens with zero attached hydrogens (tertiary/aromatic N) is 3. The Kier molecular flexibility index (Phi) is 4.27. The van der Waals surface area contributed by atoms with Crippen LogP contribution in [0.25, 0.3) is 0 Å². The first-order chi connectivity index (χ1) is 10.5. The Bertz CT molecular complexity index is 752. The van der Waals surface area contributed by atoms with Crippen LogP contribution in [0, 0.1) is 0 Å². The van der Waals surface area contributed by atoms with E-state index >= 15 is 0 Å². The summed E-state index contributed by atoms with van der Waals surface area (Å²) in [5, 5.41) is 5.93. The van der Waals surface area contributed by atoms with Crippen LogP contribution in [0.2, 0.25) is 0 Å². The normalized spacial score (nSPS) is 15.5. The fourth-order valence-electron chi connectivity index (χ4n) is 2.34. The first-order valence-electron chi connectivity index (χ1n) is 6.88. The van der Waals surface area contributed by atoms with Crippen molar-refractivity contribution in [3.8, 4) is 0 Å². The van der Waals surface area contributed by atoms with E-state index in [1.807, 2.05) is 11.4 Å². The Morgan fingerprint density at radius 1 is 1.45 bits per heavy atom. The fraction of sp³-hybridized carbons (Fsp3) is 0.385. The molecule has 0 unspecified atom stereocenters. The van der Waals surface area contributed by atoms with Crippen molar-refractivity contribution >= 4 is 27.5 Å². The number of carbonyl (C=O) groups is 1. The van der Waals surface area contributed by atoms with Crippen LogP contribution in [0.4, 0.5) is 0 Å². The van der Waals surface area contributed by atoms with Crippen molar-refractivity contribution in [2.75, 3.05) is 6.54 Å². The topological polar surface area (TPSA) is 84.3 Å². The van der Waals surface area contributed by atoms with Crippen molar-refractivity contribution in [3.05, 3.63) is 40.3 Å². The molecule has 0 aromatic carbocycles. The summed E-state index contributed by atoms with van der Waals surface area (Å²) in [6.07, 6.45) is 4.10. The Hall–Kier alpha value is -1.71. The number of fused-ring (bicyclic) bond motifs is 1. The minimum atomic E-state index is -3.79. The number of aromatic nitrogens is 2. The van der Waals surface area contributed by atoms with Crippen LogP contribution < -0.4 is 4.72 Å². The van der Waals surface area contributed by atoms with Crippen LogP contribution in [0.1, 0.15) is 16.9 Å². The molecule has 0 saturated heterocycles. The van der Waals surface area contributed by atoms with E-state index in [-0.39, 0.29) is 6.42 Å². The summed E-state index contributed by atoms with van der Waals surface area (Å²) in [6, 6.07) is 3.68. The first kappa shape index (κ1) is 15.2. The quantitative estimate of drug-likeness (QED) is 0.871. The van der Waals surface area contributed by atoms with Crippen molar-refractivity contribution in [2.24, 2.45) is 0 Å². The van der Waals surface area contributed by atoms with Crippen molar-refractivity contribution in [1.29, 1.82) is 0 Å². The lowest BCUT2D eigenvalue weighted by molar-refractivity contribution is -0.119. The number of carbonyl (C=O) groups excluding carboxylic acids is 1. The summed E-state index contributed by atoms with van der Waals surface area (Å²) in [6.45, 7) is 1.07. The second-order valence-corrected chi connectivity index (χ2v) is 7.67. The van der Waals surface area contributed by atoms with Gasteiger partial charge in [-0.25, -0.2) is 4.72 Å². The van der Waals surface area contributed by atoms with Gasteiger partial charge >= 0.3 is 10.2 Å². The van der Waals surface area contributed by atoms with E-state index in [2.05, 4.69) is 9.82 Å². The number of amides is 1. The molecule has 118 valence electrons. The van der Waals surface area contributed by atoms with E-state index < -0.39 is 16.1 Å². The number of hydrogen-bond acceptors (Lipinski definition) is 5. The molecule has 0 fully saturated rings. The van der Waals surface area contributed by atoms with Crippen molar-refractivity contribution in [1.82, 2.24) is 18.8 Å². The maximum absolute atomic E-state index is 12.3. The summed E-state index contributed by atoms with van der Waals surface area (Å²) in [5.74, 6) is -0.522. The molecule has 0 bridgehead atoms. The molecular formula is C13H16N4O3S2. The van der Waals surface area contributed by atoms with Gasteiger partial charge in [-0.05, 0) is 29.5 Å². The van der Waals surface area contributed by atoms with E-state index in [9.17, 15) is 13.2 Å². The van der Waals surface area contributed by atoms with Crippen LogP contribution in [-0.2, 0) is 34.5 Å². The number of thiophene rings is 1. The SMILES string of the molecule is O=C(CCn1cccn1)NS(=O)(=O)N1CCc2sccc2C1. The summed E-state index contributed by atoms with van der Waals surface area (Å²) in [7, 11) is -3.79. The van der Waals surface area contributed by atoms with Gasteiger partial charge < -0.3 is 0 Å². The molecule has 1 aliphatic rings. The predicted octanol–water partition coefficient (Wildman–Crippen LogP) is 0.754. The van der Waals surface area contributed by atoms with Gasteiger partial charge in [0.15, 0.2) is 0 Å². The average molecular weight is 340 g/mol. The molecule has 2 aromatic heterocycles. The summed E-state index contributed by atoms with van der Waals surface area (Å²) >= 11 is 1.64. The van der Waals surface area contributed by atoms with Crippen LogP contribution in [0.5, 0.6) is 0 Å². The zero-order valence-electron chi connectivity index (χ0n) is 11.8. The van der Waals surface area contributed by atoms with Crippen LogP contribution in [0.15, 0.2) is 29.9 Å². The third-order valence-electron chi connectivity index (χ3n) is 3.48. The number of hydrogen-bond donors (Lipinski definition) is 1. The third-order valence-corrected chi connectivity index (χ3v) is 5.98. The number of nitrogens with one attached hydrogen (secondary N) is 1. The first-order valence-corrected chi connectivity index (χ1v) is 9.20. The smallest absolute Gasteiger partial charge is 0.274 e. The van der Waals surface area contributed by atoms with Crippen LogP contribution >= 0.6 is 11.3 Å². The summed E-state index contributed by atoms with van der Waals surface area (Å²) in [5.41, 5.74) is 1.02. The lowest BCUT2D eigenvalue weighted by Crippen LogP contribution is -2.45. The van der Waals surface area contributed by atoms with Gasteiger partial charge in [-0.15, -0.1) is 11.3 Å². The van der Waals surface area contributed by atoms with E-state index in [0.29, 0.717) is 26.1 Å². The average Bonchev–Trinajstić information content (AvgIpc) is 3.15. The zero-order chi connectivity index (χ0) is 15.6.